The van der Waals surface area contributed by atoms with Crippen LogP contribution in [-0.4, -0.2) is 42.7 Å². The van der Waals surface area contributed by atoms with Crippen LogP contribution < -0.4 is 10.1 Å². The number of carboxylic acids is 1. The fourth-order valence-electron chi connectivity index (χ4n) is 2.26. The van der Waals surface area contributed by atoms with Crippen molar-refractivity contribution in [1.82, 2.24) is 5.32 Å². The fourth-order valence-corrected chi connectivity index (χ4v) is 2.26. The molecule has 0 aromatic heterocycles. The summed E-state index contributed by atoms with van der Waals surface area (Å²) < 4.78 is 9.90. The number of rotatable bonds is 6. The summed E-state index contributed by atoms with van der Waals surface area (Å²) in [5, 5.41) is 13.0. The molecule has 2 rings (SSSR count). The summed E-state index contributed by atoms with van der Waals surface area (Å²) in [7, 11) is 1.43. The van der Waals surface area contributed by atoms with Crippen molar-refractivity contribution in [1.29, 1.82) is 0 Å². The molecule has 7 nitrogen and oxygen atoms in total. The number of hydrogen-bond donors (Lipinski definition) is 2. The zero-order valence-electron chi connectivity index (χ0n) is 13.2. The summed E-state index contributed by atoms with van der Waals surface area (Å²) in [6.45, 7) is 0.706. The largest absolute Gasteiger partial charge is 0.496 e. The standard InChI is InChI=1S/C17H17NO6/c1-10(19)24-9-13(17(21)22)18-16(20)15-12-6-4-3-5-11(12)7-8-14(15)23-2/h3-8,13H,9H2,1-2H3,(H,18,20)(H,21,22)/t13-/m0/s1. The van der Waals surface area contributed by atoms with Gasteiger partial charge in [-0.2, -0.15) is 0 Å². The Kier molecular flexibility index (Phi) is 5.36. The lowest BCUT2D eigenvalue weighted by Gasteiger charge is -2.17. The molecule has 0 aliphatic carbocycles. The number of aliphatic carboxylic acids is 1. The first-order chi connectivity index (χ1) is 11.4. The second-order valence-corrected chi connectivity index (χ2v) is 5.03. The second kappa shape index (κ2) is 7.45. The van der Waals surface area contributed by atoms with Crippen molar-refractivity contribution >= 4 is 28.6 Å². The highest BCUT2D eigenvalue weighted by atomic mass is 16.5. The van der Waals surface area contributed by atoms with Crippen LogP contribution >= 0.6 is 0 Å². The number of carbonyl (C=O) groups excluding carboxylic acids is 2. The van der Waals surface area contributed by atoms with E-state index in [0.29, 0.717) is 11.1 Å². The predicted molar refractivity (Wildman–Crippen MR) is 86.0 cm³/mol. The van der Waals surface area contributed by atoms with Gasteiger partial charge in [-0.15, -0.1) is 0 Å². The van der Waals surface area contributed by atoms with Crippen LogP contribution in [0.2, 0.25) is 0 Å². The smallest absolute Gasteiger partial charge is 0.329 e. The molecular weight excluding hydrogens is 314 g/mol. The average Bonchev–Trinajstić information content (AvgIpc) is 2.56. The summed E-state index contributed by atoms with van der Waals surface area (Å²) in [6.07, 6.45) is 0. The van der Waals surface area contributed by atoms with E-state index in [0.717, 1.165) is 12.3 Å². The molecule has 0 fully saturated rings. The molecule has 0 saturated carbocycles. The Bertz CT molecular complexity index is 786. The molecule has 0 bridgehead atoms. The van der Waals surface area contributed by atoms with Gasteiger partial charge in [0.2, 0.25) is 0 Å². The molecule has 0 unspecified atom stereocenters. The van der Waals surface area contributed by atoms with E-state index < -0.39 is 30.5 Å². The summed E-state index contributed by atoms with van der Waals surface area (Å²) in [5.41, 5.74) is 0.227. The predicted octanol–water partition coefficient (Wildman–Crippen LogP) is 1.59. The first-order valence-electron chi connectivity index (χ1n) is 7.16. The second-order valence-electron chi connectivity index (χ2n) is 5.03. The molecule has 0 saturated heterocycles. The number of fused-ring (bicyclic) bond motifs is 1. The van der Waals surface area contributed by atoms with E-state index >= 15 is 0 Å². The monoisotopic (exact) mass is 331 g/mol. The molecule has 0 spiro atoms. The number of carbonyl (C=O) groups is 3. The molecule has 1 amide bonds. The molecule has 2 aromatic carbocycles. The molecule has 2 N–H and O–H groups in total. The first kappa shape index (κ1) is 17.3. The molecule has 0 aliphatic heterocycles. The van der Waals surface area contributed by atoms with Crippen LogP contribution in [0.25, 0.3) is 10.8 Å². The number of benzene rings is 2. The highest BCUT2D eigenvalue weighted by molar-refractivity contribution is 6.10. The molecule has 126 valence electrons. The topological polar surface area (TPSA) is 102 Å². The maximum Gasteiger partial charge on any atom is 0.329 e. The Morgan fingerprint density at radius 3 is 2.50 bits per heavy atom. The van der Waals surface area contributed by atoms with Crippen LogP contribution in [0.5, 0.6) is 5.75 Å². The van der Waals surface area contributed by atoms with Gasteiger partial charge in [0.05, 0.1) is 12.7 Å². The molecule has 1 atom stereocenters. The van der Waals surface area contributed by atoms with Gasteiger partial charge in [0.1, 0.15) is 12.4 Å². The van der Waals surface area contributed by atoms with Crippen molar-refractivity contribution in [3.8, 4) is 5.75 Å². The maximum atomic E-state index is 12.6. The molecule has 0 heterocycles. The summed E-state index contributed by atoms with van der Waals surface area (Å²) in [5.74, 6) is -2.23. The van der Waals surface area contributed by atoms with Gasteiger partial charge in [-0.1, -0.05) is 30.3 Å². The van der Waals surface area contributed by atoms with Crippen LogP contribution in [0, 0.1) is 0 Å². The van der Waals surface area contributed by atoms with Crippen molar-refractivity contribution in [3.05, 3.63) is 42.0 Å². The summed E-state index contributed by atoms with van der Waals surface area (Å²) >= 11 is 0. The minimum atomic E-state index is -1.36. The maximum absolute atomic E-state index is 12.6. The Morgan fingerprint density at radius 2 is 1.88 bits per heavy atom. The molecule has 24 heavy (non-hydrogen) atoms. The van der Waals surface area contributed by atoms with Crippen molar-refractivity contribution < 1.29 is 29.0 Å². The number of carboxylic acid groups (broad SMARTS) is 1. The van der Waals surface area contributed by atoms with Crippen LogP contribution in [0.15, 0.2) is 36.4 Å². The molecule has 0 radical (unpaired) electrons. The Labute approximate surface area is 138 Å². The molecule has 2 aromatic rings. The Hall–Kier alpha value is -3.09. The van der Waals surface area contributed by atoms with Crippen LogP contribution in [0.4, 0.5) is 0 Å². The summed E-state index contributed by atoms with van der Waals surface area (Å²) in [6, 6.07) is 9.26. The van der Waals surface area contributed by atoms with Gasteiger partial charge in [-0.3, -0.25) is 9.59 Å². The lowest BCUT2D eigenvalue weighted by molar-refractivity contribution is -0.146. The minimum absolute atomic E-state index is 0.227. The third-order valence-corrected chi connectivity index (χ3v) is 3.39. The zero-order valence-corrected chi connectivity index (χ0v) is 13.2. The van der Waals surface area contributed by atoms with E-state index in [1.54, 1.807) is 24.3 Å². The van der Waals surface area contributed by atoms with Crippen molar-refractivity contribution in [3.63, 3.8) is 0 Å². The van der Waals surface area contributed by atoms with Gasteiger partial charge in [0, 0.05) is 6.92 Å². The van der Waals surface area contributed by atoms with E-state index in [4.69, 9.17) is 4.74 Å². The number of ether oxygens (including phenoxy) is 2. The van der Waals surface area contributed by atoms with Gasteiger partial charge in [-0.25, -0.2) is 4.79 Å². The summed E-state index contributed by atoms with van der Waals surface area (Å²) in [4.78, 5) is 34.7. The SMILES string of the molecule is COc1ccc2ccccc2c1C(=O)N[C@@H](COC(C)=O)C(=O)O. The van der Waals surface area contributed by atoms with Crippen molar-refractivity contribution in [2.45, 2.75) is 13.0 Å². The van der Waals surface area contributed by atoms with E-state index in [9.17, 15) is 19.5 Å². The van der Waals surface area contributed by atoms with Crippen molar-refractivity contribution in [2.75, 3.05) is 13.7 Å². The van der Waals surface area contributed by atoms with Crippen molar-refractivity contribution in [2.24, 2.45) is 0 Å². The minimum Gasteiger partial charge on any atom is -0.496 e. The number of methoxy groups -OCH3 is 1. The lowest BCUT2D eigenvalue weighted by Crippen LogP contribution is -2.44. The number of hydrogen-bond acceptors (Lipinski definition) is 5. The van der Waals surface area contributed by atoms with E-state index in [1.165, 1.54) is 7.11 Å². The van der Waals surface area contributed by atoms with E-state index in [1.807, 2.05) is 12.1 Å². The highest BCUT2D eigenvalue weighted by Gasteiger charge is 2.25. The van der Waals surface area contributed by atoms with Crippen LogP contribution in [0.1, 0.15) is 17.3 Å². The molecular formula is C17H17NO6. The molecule has 0 aliphatic rings. The van der Waals surface area contributed by atoms with E-state index in [-0.39, 0.29) is 5.56 Å². The fraction of sp³-hybridized carbons (Fsp3) is 0.235. The Balaban J connectivity index is 2.35. The average molecular weight is 331 g/mol. The molecule has 7 heteroatoms. The quantitative estimate of drug-likeness (QED) is 0.780. The first-order valence-corrected chi connectivity index (χ1v) is 7.16. The van der Waals surface area contributed by atoms with Gasteiger partial charge in [-0.05, 0) is 16.8 Å². The normalized spacial score (nSPS) is 11.6. The Morgan fingerprint density at radius 1 is 1.17 bits per heavy atom. The van der Waals surface area contributed by atoms with Crippen LogP contribution in [0.3, 0.4) is 0 Å². The van der Waals surface area contributed by atoms with Gasteiger partial charge >= 0.3 is 11.9 Å². The van der Waals surface area contributed by atoms with Gasteiger partial charge in [0.25, 0.3) is 5.91 Å². The third-order valence-electron chi connectivity index (χ3n) is 3.39. The zero-order chi connectivity index (χ0) is 17.7. The number of amides is 1. The van der Waals surface area contributed by atoms with Crippen LogP contribution in [-0.2, 0) is 14.3 Å². The highest BCUT2D eigenvalue weighted by Crippen LogP contribution is 2.27. The number of nitrogens with one attached hydrogen (secondary N) is 1. The third kappa shape index (κ3) is 3.81. The lowest BCUT2D eigenvalue weighted by atomic mass is 10.0. The van der Waals surface area contributed by atoms with Gasteiger partial charge < -0.3 is 19.9 Å². The van der Waals surface area contributed by atoms with Gasteiger partial charge in [0.15, 0.2) is 6.04 Å². The number of esters is 1. The van der Waals surface area contributed by atoms with E-state index in [2.05, 4.69) is 10.1 Å².